The molecule has 1 saturated heterocycles. The first-order valence-electron chi connectivity index (χ1n) is 4.00. The van der Waals surface area contributed by atoms with Crippen LogP contribution < -0.4 is 5.32 Å². The van der Waals surface area contributed by atoms with Crippen LogP contribution in [0.2, 0.25) is 0 Å². The molecule has 0 aromatic carbocycles. The van der Waals surface area contributed by atoms with Gasteiger partial charge < -0.3 is 9.87 Å². The van der Waals surface area contributed by atoms with Crippen molar-refractivity contribution in [3.8, 4) is 0 Å². The predicted octanol–water partition coefficient (Wildman–Crippen LogP) is -0.216. The molecule has 0 aromatic heterocycles. The fraction of sp³-hybridized carbons (Fsp3) is 1.00. The van der Waals surface area contributed by atoms with Crippen LogP contribution in [0.25, 0.3) is 0 Å². The summed E-state index contributed by atoms with van der Waals surface area (Å²) in [5, 5.41) is 2.40. The smallest absolute Gasteiger partial charge is 0.485 e. The summed E-state index contributed by atoms with van der Waals surface area (Å²) in [6, 6.07) is 0.921. The number of hydrogen-bond donors (Lipinski definition) is 1. The summed E-state index contributed by atoms with van der Waals surface area (Å²) in [4.78, 5) is 0. The van der Waals surface area contributed by atoms with E-state index in [9.17, 15) is 13.2 Å². The van der Waals surface area contributed by atoms with Crippen molar-refractivity contribution in [3.63, 3.8) is 0 Å². The third-order valence-corrected chi connectivity index (χ3v) is 2.28. The molecule has 0 aromatic rings. The molecule has 8 heteroatoms. The van der Waals surface area contributed by atoms with Gasteiger partial charge in [-0.25, -0.2) is 8.42 Å². The molecule has 14 heavy (non-hydrogen) atoms. The van der Waals surface area contributed by atoms with Crippen LogP contribution in [0, 0.1) is 0 Å². The Balaban J connectivity index is 0.000000249. The standard InChI is InChI=1S/C5H11N.CHF3O3S/c1-5-3-2-4-6-5;2-1(3,4)8(5,6)7/h5-6H,2-4H2,1H3;(H,5,6,7). The first kappa shape index (κ1) is 13.7. The normalized spacial score (nSPS) is 22.8. The minimum atomic E-state index is -6.09. The quantitative estimate of drug-likeness (QED) is 0.466. The molecule has 4 nitrogen and oxygen atoms in total. The second-order valence-corrected chi connectivity index (χ2v) is 4.41. The minimum Gasteiger partial charge on any atom is -0.741 e. The van der Waals surface area contributed by atoms with Crippen molar-refractivity contribution in [2.75, 3.05) is 6.54 Å². The Labute approximate surface area is 80.2 Å². The number of hydrogen-bond acceptors (Lipinski definition) is 3. The highest BCUT2D eigenvalue weighted by molar-refractivity contribution is 7.86. The summed E-state index contributed by atoms with van der Waals surface area (Å²) in [6.45, 7) is 3.65. The monoisotopic (exact) mass is 235 g/mol. The average molecular weight is 235 g/mol. The molecule has 0 radical (unpaired) electrons. The van der Waals surface area contributed by atoms with E-state index in [4.69, 9.17) is 13.0 Å². The SMILES string of the molecule is CC1CCC[NH2+]1.O=S(=O)([O-])C(F)(F)F. The molecule has 0 spiro atoms. The Morgan fingerprint density at radius 1 is 1.43 bits per heavy atom. The fourth-order valence-electron chi connectivity index (χ4n) is 0.960. The van der Waals surface area contributed by atoms with Crippen molar-refractivity contribution in [2.45, 2.75) is 31.3 Å². The van der Waals surface area contributed by atoms with Crippen LogP contribution in [0.4, 0.5) is 13.2 Å². The van der Waals surface area contributed by atoms with E-state index < -0.39 is 15.6 Å². The van der Waals surface area contributed by atoms with Gasteiger partial charge in [-0.15, -0.1) is 0 Å². The first-order valence-corrected chi connectivity index (χ1v) is 5.41. The number of quaternary nitrogens is 1. The van der Waals surface area contributed by atoms with Crippen molar-refractivity contribution in [3.05, 3.63) is 0 Å². The third kappa shape index (κ3) is 5.40. The van der Waals surface area contributed by atoms with E-state index >= 15 is 0 Å². The third-order valence-electron chi connectivity index (χ3n) is 1.72. The Hall–Kier alpha value is -0.340. The summed E-state index contributed by atoms with van der Waals surface area (Å²) in [7, 11) is -6.09. The Morgan fingerprint density at radius 2 is 1.86 bits per heavy atom. The van der Waals surface area contributed by atoms with Crippen LogP contribution in [0.1, 0.15) is 19.8 Å². The molecular formula is C6H12F3NO3S. The van der Waals surface area contributed by atoms with Crippen LogP contribution in [0.5, 0.6) is 0 Å². The van der Waals surface area contributed by atoms with E-state index in [1.807, 2.05) is 0 Å². The average Bonchev–Trinajstić information content (AvgIpc) is 2.35. The van der Waals surface area contributed by atoms with Gasteiger partial charge in [0.1, 0.15) is 0 Å². The highest BCUT2D eigenvalue weighted by Crippen LogP contribution is 2.20. The molecule has 86 valence electrons. The molecule has 0 aliphatic carbocycles. The van der Waals surface area contributed by atoms with E-state index in [0.717, 1.165) is 6.04 Å². The van der Waals surface area contributed by atoms with Gasteiger partial charge in [-0.1, -0.05) is 0 Å². The second kappa shape index (κ2) is 4.94. The van der Waals surface area contributed by atoms with Crippen molar-refractivity contribution in [1.82, 2.24) is 0 Å². The van der Waals surface area contributed by atoms with Gasteiger partial charge in [0.05, 0.1) is 12.6 Å². The van der Waals surface area contributed by atoms with Crippen LogP contribution in [-0.2, 0) is 10.1 Å². The summed E-state index contributed by atoms with van der Waals surface area (Å²) in [6.07, 6.45) is 2.86. The zero-order valence-corrected chi connectivity index (χ0v) is 8.36. The van der Waals surface area contributed by atoms with Gasteiger partial charge >= 0.3 is 5.51 Å². The number of nitrogens with two attached hydrogens (primary N) is 1. The molecule has 2 N–H and O–H groups in total. The van der Waals surface area contributed by atoms with Crippen molar-refractivity contribution in [2.24, 2.45) is 0 Å². The predicted molar refractivity (Wildman–Crippen MR) is 41.2 cm³/mol. The lowest BCUT2D eigenvalue weighted by atomic mass is 10.3. The Kier molecular flexibility index (Phi) is 4.82. The van der Waals surface area contributed by atoms with E-state index in [1.54, 1.807) is 0 Å². The zero-order valence-electron chi connectivity index (χ0n) is 7.54. The van der Waals surface area contributed by atoms with Crippen molar-refractivity contribution in [1.29, 1.82) is 0 Å². The molecule has 1 atom stereocenters. The highest BCUT2D eigenvalue weighted by atomic mass is 32.2. The first-order chi connectivity index (χ1) is 6.14. The molecule has 1 heterocycles. The van der Waals surface area contributed by atoms with Gasteiger partial charge in [0.25, 0.3) is 0 Å². The topological polar surface area (TPSA) is 73.8 Å². The molecule has 1 aliphatic heterocycles. The highest BCUT2D eigenvalue weighted by Gasteiger charge is 2.36. The summed E-state index contributed by atoms with van der Waals surface area (Å²) in [5.41, 5.74) is -5.65. The number of halogens is 3. The van der Waals surface area contributed by atoms with Gasteiger partial charge in [-0.2, -0.15) is 13.2 Å². The Morgan fingerprint density at radius 3 is 1.93 bits per heavy atom. The zero-order chi connectivity index (χ0) is 11.4. The molecule has 0 saturated carbocycles. The molecule has 0 amide bonds. The maximum Gasteiger partial charge on any atom is 0.485 e. The maximum atomic E-state index is 10.7. The van der Waals surface area contributed by atoms with Gasteiger partial charge in [0.15, 0.2) is 10.1 Å². The molecule has 1 aliphatic rings. The van der Waals surface area contributed by atoms with Gasteiger partial charge in [-0.3, -0.25) is 0 Å². The maximum absolute atomic E-state index is 10.7. The van der Waals surface area contributed by atoms with E-state index in [-0.39, 0.29) is 0 Å². The fourth-order valence-corrected chi connectivity index (χ4v) is 0.960. The summed E-state index contributed by atoms with van der Waals surface area (Å²) >= 11 is 0. The van der Waals surface area contributed by atoms with E-state index in [1.165, 1.54) is 19.4 Å². The Bertz CT molecular complexity index is 256. The van der Waals surface area contributed by atoms with Crippen LogP contribution in [0.15, 0.2) is 0 Å². The number of alkyl halides is 3. The largest absolute Gasteiger partial charge is 0.741 e. The molecular weight excluding hydrogens is 223 g/mol. The molecule has 1 fully saturated rings. The second-order valence-electron chi connectivity index (χ2n) is 3.04. The lowest BCUT2D eigenvalue weighted by Crippen LogP contribution is -2.85. The van der Waals surface area contributed by atoms with Gasteiger partial charge in [-0.05, 0) is 6.92 Å². The van der Waals surface area contributed by atoms with Crippen LogP contribution >= 0.6 is 0 Å². The summed E-state index contributed by atoms with van der Waals surface area (Å²) < 4.78 is 58.9. The van der Waals surface area contributed by atoms with Gasteiger partial charge in [0.2, 0.25) is 0 Å². The lowest BCUT2D eigenvalue weighted by Gasteiger charge is -2.08. The van der Waals surface area contributed by atoms with E-state index in [0.29, 0.717) is 0 Å². The molecule has 0 bridgehead atoms. The summed E-state index contributed by atoms with van der Waals surface area (Å²) in [5.74, 6) is 0. The van der Waals surface area contributed by atoms with Crippen molar-refractivity contribution >= 4 is 10.1 Å². The minimum absolute atomic E-state index is 0.921. The molecule has 1 rings (SSSR count). The van der Waals surface area contributed by atoms with E-state index in [2.05, 4.69) is 12.2 Å². The van der Waals surface area contributed by atoms with Crippen molar-refractivity contribution < 1.29 is 31.5 Å². The van der Waals surface area contributed by atoms with Crippen LogP contribution in [0.3, 0.4) is 0 Å². The van der Waals surface area contributed by atoms with Crippen LogP contribution in [-0.4, -0.2) is 31.1 Å². The lowest BCUT2D eigenvalue weighted by molar-refractivity contribution is -0.666. The van der Waals surface area contributed by atoms with Gasteiger partial charge in [0, 0.05) is 12.8 Å². The number of rotatable bonds is 0. The molecule has 1 unspecified atom stereocenters.